The molecule has 5 heteroatoms. The zero-order valence-corrected chi connectivity index (χ0v) is 13.7. The Morgan fingerprint density at radius 1 is 0.783 bits per heavy atom. The van der Waals surface area contributed by atoms with Crippen LogP contribution in [-0.2, 0) is 0 Å². The van der Waals surface area contributed by atoms with Gasteiger partial charge in [-0.05, 0) is 23.9 Å². The van der Waals surface area contributed by atoms with Crippen LogP contribution < -0.4 is 0 Å². The van der Waals surface area contributed by atoms with Gasteiger partial charge in [0.15, 0.2) is 5.09 Å². The van der Waals surface area contributed by atoms with Gasteiger partial charge >= 0.3 is 0 Å². The maximum absolute atomic E-state index is 5.82. The van der Waals surface area contributed by atoms with Crippen LogP contribution in [0.15, 0.2) is 86.8 Å². The van der Waals surface area contributed by atoms with Gasteiger partial charge in [0.1, 0.15) is 5.01 Å². The van der Waals surface area contributed by atoms with Gasteiger partial charge < -0.3 is 4.42 Å². The monoisotopic (exact) mass is 336 g/mol. The minimum Gasteiger partial charge on any atom is -0.430 e. The number of aromatic nitrogens is 2. The highest BCUT2D eigenvalue weighted by atomic mass is 32.2. The van der Waals surface area contributed by atoms with E-state index in [-0.39, 0.29) is 0 Å². The van der Waals surface area contributed by atoms with Crippen molar-refractivity contribution >= 4 is 23.1 Å². The third kappa shape index (κ3) is 3.21. The van der Waals surface area contributed by atoms with E-state index < -0.39 is 0 Å². The molecule has 2 aromatic carbocycles. The van der Waals surface area contributed by atoms with Crippen LogP contribution in [0.25, 0.3) is 22.0 Å². The van der Waals surface area contributed by atoms with Crippen LogP contribution in [0.3, 0.4) is 0 Å². The maximum Gasteiger partial charge on any atom is 0.227 e. The Morgan fingerprint density at radius 2 is 1.48 bits per heavy atom. The van der Waals surface area contributed by atoms with Crippen molar-refractivity contribution in [1.82, 2.24) is 9.97 Å². The van der Waals surface area contributed by atoms with Crippen LogP contribution in [0.2, 0.25) is 0 Å². The minimum absolute atomic E-state index is 0.640. The maximum atomic E-state index is 5.82. The molecule has 2 heterocycles. The first-order chi connectivity index (χ1) is 11.4. The molecule has 0 amide bonds. The van der Waals surface area contributed by atoms with Gasteiger partial charge in [-0.1, -0.05) is 48.5 Å². The van der Waals surface area contributed by atoms with E-state index in [1.54, 1.807) is 29.3 Å². The van der Waals surface area contributed by atoms with E-state index in [4.69, 9.17) is 4.42 Å². The molecule has 0 spiro atoms. The lowest BCUT2D eigenvalue weighted by Gasteiger charge is -1.94. The zero-order valence-electron chi connectivity index (χ0n) is 12.0. The van der Waals surface area contributed by atoms with Gasteiger partial charge in [-0.15, -0.1) is 11.3 Å². The largest absolute Gasteiger partial charge is 0.430 e. The molecule has 0 aliphatic rings. The van der Waals surface area contributed by atoms with Gasteiger partial charge in [-0.2, -0.15) is 0 Å². The van der Waals surface area contributed by atoms with Crippen molar-refractivity contribution < 1.29 is 4.42 Å². The topological polar surface area (TPSA) is 38.9 Å². The predicted molar refractivity (Wildman–Crippen MR) is 93.6 cm³/mol. The first kappa shape index (κ1) is 14.2. The van der Waals surface area contributed by atoms with Crippen LogP contribution in [0.4, 0.5) is 0 Å². The van der Waals surface area contributed by atoms with E-state index >= 15 is 0 Å². The van der Waals surface area contributed by atoms with Crippen molar-refractivity contribution in [2.75, 3.05) is 0 Å². The Kier molecular flexibility index (Phi) is 3.96. The third-order valence-electron chi connectivity index (χ3n) is 3.21. The number of benzene rings is 2. The second kappa shape index (κ2) is 6.40. The van der Waals surface area contributed by atoms with Gasteiger partial charge in [0.2, 0.25) is 5.89 Å². The predicted octanol–water partition coefficient (Wildman–Crippen LogP) is 5.62. The van der Waals surface area contributed by atoms with Gasteiger partial charge in [0.05, 0.1) is 16.6 Å². The molecular weight excluding hydrogens is 324 g/mol. The first-order valence-corrected chi connectivity index (χ1v) is 8.72. The highest BCUT2D eigenvalue weighted by molar-refractivity contribution is 8.01. The molecule has 0 bridgehead atoms. The van der Waals surface area contributed by atoms with Crippen LogP contribution >= 0.6 is 23.1 Å². The summed E-state index contributed by atoms with van der Waals surface area (Å²) in [5.41, 5.74) is 2.11. The van der Waals surface area contributed by atoms with Gasteiger partial charge in [0, 0.05) is 11.1 Å². The molecule has 2 aromatic heterocycles. The Balaban J connectivity index is 1.53. The molecule has 0 aliphatic carbocycles. The lowest BCUT2D eigenvalue weighted by molar-refractivity contribution is 0.484. The summed E-state index contributed by atoms with van der Waals surface area (Å²) in [5, 5.41) is 1.78. The molecule has 0 saturated carbocycles. The lowest BCUT2D eigenvalue weighted by atomic mass is 10.2. The first-order valence-electron chi connectivity index (χ1n) is 7.09. The molecule has 0 fully saturated rings. The second-order valence-corrected chi connectivity index (χ2v) is 7.14. The molecule has 0 atom stereocenters. The molecule has 0 aliphatic heterocycles. The van der Waals surface area contributed by atoms with Crippen LogP contribution in [0.1, 0.15) is 0 Å². The number of oxazole rings is 1. The second-order valence-electron chi connectivity index (χ2n) is 4.80. The lowest BCUT2D eigenvalue weighted by Crippen LogP contribution is -1.73. The van der Waals surface area contributed by atoms with Gasteiger partial charge in [-0.25, -0.2) is 9.97 Å². The van der Waals surface area contributed by atoms with E-state index in [1.807, 2.05) is 54.7 Å². The smallest absolute Gasteiger partial charge is 0.227 e. The van der Waals surface area contributed by atoms with Crippen molar-refractivity contribution in [3.8, 4) is 22.0 Å². The number of hydrogen-bond acceptors (Lipinski definition) is 5. The zero-order chi connectivity index (χ0) is 15.5. The fourth-order valence-electron chi connectivity index (χ4n) is 2.14. The minimum atomic E-state index is 0.640. The van der Waals surface area contributed by atoms with E-state index in [0.29, 0.717) is 5.89 Å². The van der Waals surface area contributed by atoms with Crippen molar-refractivity contribution in [1.29, 1.82) is 0 Å². The number of thiazole rings is 1. The van der Waals surface area contributed by atoms with E-state index in [9.17, 15) is 0 Å². The van der Waals surface area contributed by atoms with Gasteiger partial charge in [0.25, 0.3) is 0 Å². The van der Waals surface area contributed by atoms with Crippen molar-refractivity contribution in [3.05, 3.63) is 73.1 Å². The average Bonchev–Trinajstić information content (AvgIpc) is 3.27. The summed E-state index contributed by atoms with van der Waals surface area (Å²) in [6.45, 7) is 0. The Bertz CT molecular complexity index is 825. The van der Waals surface area contributed by atoms with E-state index in [1.165, 1.54) is 0 Å². The summed E-state index contributed by atoms with van der Waals surface area (Å²) in [4.78, 5) is 8.83. The Morgan fingerprint density at radius 3 is 2.22 bits per heavy atom. The number of hydrogen-bond donors (Lipinski definition) is 0. The summed E-state index contributed by atoms with van der Waals surface area (Å²) in [6.07, 6.45) is 3.64. The highest BCUT2D eigenvalue weighted by Crippen LogP contribution is 2.36. The summed E-state index contributed by atoms with van der Waals surface area (Å²) in [5.74, 6) is 0.640. The molecule has 4 aromatic rings. The third-order valence-corrected chi connectivity index (χ3v) is 5.25. The fourth-order valence-corrected chi connectivity index (χ4v) is 3.98. The van der Waals surface area contributed by atoms with Crippen LogP contribution in [0, 0.1) is 0 Å². The summed E-state index contributed by atoms with van der Waals surface area (Å²) < 4.78 is 6.90. The SMILES string of the molecule is c1ccc(-c2ncc(Sc3cnc(-c4ccccc4)s3)o2)cc1. The molecule has 112 valence electrons. The molecule has 23 heavy (non-hydrogen) atoms. The molecular formula is C18H12N2OS2. The molecule has 0 radical (unpaired) electrons. The fraction of sp³-hybridized carbons (Fsp3) is 0. The number of nitrogens with zero attached hydrogens (tertiary/aromatic N) is 2. The summed E-state index contributed by atoms with van der Waals surface area (Å²) in [7, 11) is 0. The van der Waals surface area contributed by atoms with E-state index in [2.05, 4.69) is 22.1 Å². The normalized spacial score (nSPS) is 10.8. The molecule has 3 nitrogen and oxygen atoms in total. The molecule has 0 saturated heterocycles. The van der Waals surface area contributed by atoms with E-state index in [0.717, 1.165) is 25.4 Å². The molecule has 0 unspecified atom stereocenters. The average molecular weight is 336 g/mol. The molecule has 0 N–H and O–H groups in total. The highest BCUT2D eigenvalue weighted by Gasteiger charge is 2.10. The van der Waals surface area contributed by atoms with Crippen LogP contribution in [0.5, 0.6) is 0 Å². The quantitative estimate of drug-likeness (QED) is 0.485. The molecule has 4 rings (SSSR count). The van der Waals surface area contributed by atoms with Gasteiger partial charge in [-0.3, -0.25) is 0 Å². The van der Waals surface area contributed by atoms with Crippen molar-refractivity contribution in [2.24, 2.45) is 0 Å². The van der Waals surface area contributed by atoms with Crippen molar-refractivity contribution in [2.45, 2.75) is 9.30 Å². The standard InChI is InChI=1S/C18H12N2OS2/c1-3-7-13(8-4-1)17-19-11-15(21-17)22-16-12-20-18(23-16)14-9-5-2-6-10-14/h1-12H. The number of rotatable bonds is 4. The summed E-state index contributed by atoms with van der Waals surface area (Å²) >= 11 is 3.20. The summed E-state index contributed by atoms with van der Waals surface area (Å²) in [6, 6.07) is 20.1. The Hall–Kier alpha value is -2.37. The van der Waals surface area contributed by atoms with Crippen molar-refractivity contribution in [3.63, 3.8) is 0 Å². The Labute approximate surface area is 142 Å². The van der Waals surface area contributed by atoms with Crippen LogP contribution in [-0.4, -0.2) is 9.97 Å².